The Bertz CT molecular complexity index is 422. The van der Waals surface area contributed by atoms with Crippen molar-refractivity contribution >= 4 is 5.97 Å². The Morgan fingerprint density at radius 3 is 2.71 bits per heavy atom. The van der Waals surface area contributed by atoms with Gasteiger partial charge in [-0.05, 0) is 18.6 Å². The first-order chi connectivity index (χ1) is 7.99. The molecule has 94 valence electrons. The van der Waals surface area contributed by atoms with E-state index in [1.54, 1.807) is 0 Å². The molecule has 0 bridgehead atoms. The highest BCUT2D eigenvalue weighted by Gasteiger charge is 2.17. The summed E-state index contributed by atoms with van der Waals surface area (Å²) in [5, 5.41) is 0. The normalized spacial score (nSPS) is 10.7. The number of esters is 1. The number of nitrogens with two attached hydrogens (primary N) is 1. The second kappa shape index (κ2) is 5.67. The SMILES string of the molecule is COC(=O)Cc1nc(CN)cc(C(F)F)c1C. The minimum Gasteiger partial charge on any atom is -0.469 e. The number of hydrogen-bond acceptors (Lipinski definition) is 4. The molecule has 0 saturated carbocycles. The molecular formula is C11H14F2N2O2. The Kier molecular flexibility index (Phi) is 4.51. The molecule has 1 heterocycles. The van der Waals surface area contributed by atoms with Gasteiger partial charge in [0.1, 0.15) is 0 Å². The molecule has 17 heavy (non-hydrogen) atoms. The third-order valence-corrected chi connectivity index (χ3v) is 2.45. The molecule has 1 rings (SSSR count). The standard InChI is InChI=1S/C11H14F2N2O2/c1-6-8(11(12)13)3-7(5-14)15-9(6)4-10(16)17-2/h3,11H,4-5,14H2,1-2H3. The van der Waals surface area contributed by atoms with Gasteiger partial charge in [-0.1, -0.05) is 0 Å². The zero-order chi connectivity index (χ0) is 13.0. The predicted octanol–water partition coefficient (Wildman–Crippen LogP) is 1.50. The third-order valence-electron chi connectivity index (χ3n) is 2.45. The Balaban J connectivity index is 3.19. The lowest BCUT2D eigenvalue weighted by Gasteiger charge is -2.11. The molecule has 0 atom stereocenters. The van der Waals surface area contributed by atoms with E-state index in [1.165, 1.54) is 20.1 Å². The third kappa shape index (κ3) is 3.20. The van der Waals surface area contributed by atoms with Gasteiger partial charge >= 0.3 is 5.97 Å². The zero-order valence-electron chi connectivity index (χ0n) is 9.67. The van der Waals surface area contributed by atoms with Crippen molar-refractivity contribution in [3.8, 4) is 0 Å². The fraction of sp³-hybridized carbons (Fsp3) is 0.455. The number of nitrogens with zero attached hydrogens (tertiary/aromatic N) is 1. The van der Waals surface area contributed by atoms with Crippen LogP contribution < -0.4 is 5.73 Å². The molecule has 0 unspecified atom stereocenters. The molecule has 6 heteroatoms. The Morgan fingerprint density at radius 2 is 2.24 bits per heavy atom. The number of rotatable bonds is 4. The van der Waals surface area contributed by atoms with Crippen LogP contribution in [0.15, 0.2) is 6.07 Å². The molecule has 0 amide bonds. The minimum atomic E-state index is -2.61. The van der Waals surface area contributed by atoms with E-state index in [9.17, 15) is 13.6 Å². The Hall–Kier alpha value is -1.56. The van der Waals surface area contributed by atoms with Gasteiger partial charge in [-0.15, -0.1) is 0 Å². The van der Waals surface area contributed by atoms with Crippen LogP contribution in [0.3, 0.4) is 0 Å². The van der Waals surface area contributed by atoms with Crippen LogP contribution in [-0.4, -0.2) is 18.1 Å². The van der Waals surface area contributed by atoms with Crippen molar-refractivity contribution in [2.45, 2.75) is 26.3 Å². The van der Waals surface area contributed by atoms with Crippen LogP contribution >= 0.6 is 0 Å². The lowest BCUT2D eigenvalue weighted by atomic mass is 10.0. The molecule has 0 radical (unpaired) electrons. The van der Waals surface area contributed by atoms with Gasteiger partial charge in [0.05, 0.1) is 24.9 Å². The highest BCUT2D eigenvalue weighted by molar-refractivity contribution is 5.72. The maximum absolute atomic E-state index is 12.8. The van der Waals surface area contributed by atoms with Crippen LogP contribution in [0.5, 0.6) is 0 Å². The number of aromatic nitrogens is 1. The number of alkyl halides is 2. The first-order valence-electron chi connectivity index (χ1n) is 5.04. The Labute approximate surface area is 97.8 Å². The van der Waals surface area contributed by atoms with Crippen LogP contribution in [0.25, 0.3) is 0 Å². The summed E-state index contributed by atoms with van der Waals surface area (Å²) >= 11 is 0. The van der Waals surface area contributed by atoms with E-state index in [2.05, 4.69) is 9.72 Å². The molecule has 0 aromatic carbocycles. The van der Waals surface area contributed by atoms with E-state index in [0.717, 1.165) is 0 Å². The monoisotopic (exact) mass is 244 g/mol. The van der Waals surface area contributed by atoms with Crippen LogP contribution in [0.4, 0.5) is 8.78 Å². The highest BCUT2D eigenvalue weighted by Crippen LogP contribution is 2.25. The summed E-state index contributed by atoms with van der Waals surface area (Å²) in [7, 11) is 1.23. The molecule has 0 aliphatic heterocycles. The fourth-order valence-electron chi connectivity index (χ4n) is 1.46. The van der Waals surface area contributed by atoms with E-state index in [0.29, 0.717) is 11.3 Å². The van der Waals surface area contributed by atoms with Gasteiger partial charge in [0.25, 0.3) is 6.43 Å². The van der Waals surface area contributed by atoms with Gasteiger partial charge in [0.15, 0.2) is 0 Å². The number of hydrogen-bond donors (Lipinski definition) is 1. The first kappa shape index (κ1) is 13.5. The quantitative estimate of drug-likeness (QED) is 0.815. The largest absolute Gasteiger partial charge is 0.469 e. The summed E-state index contributed by atoms with van der Waals surface area (Å²) < 4.78 is 30.0. The van der Waals surface area contributed by atoms with Gasteiger partial charge in [-0.2, -0.15) is 0 Å². The molecule has 4 nitrogen and oxygen atoms in total. The van der Waals surface area contributed by atoms with E-state index >= 15 is 0 Å². The van der Waals surface area contributed by atoms with Gasteiger partial charge in [-0.25, -0.2) is 8.78 Å². The summed E-state index contributed by atoms with van der Waals surface area (Å²) in [4.78, 5) is 15.2. The summed E-state index contributed by atoms with van der Waals surface area (Å²) in [5.41, 5.74) is 6.17. The number of halogens is 2. The van der Waals surface area contributed by atoms with Crippen molar-refractivity contribution in [2.24, 2.45) is 5.73 Å². The van der Waals surface area contributed by atoms with Crippen molar-refractivity contribution in [1.29, 1.82) is 0 Å². The van der Waals surface area contributed by atoms with Gasteiger partial charge in [0, 0.05) is 12.1 Å². The van der Waals surface area contributed by atoms with Crippen molar-refractivity contribution in [3.63, 3.8) is 0 Å². The second-order valence-electron chi connectivity index (χ2n) is 3.53. The lowest BCUT2D eigenvalue weighted by molar-refractivity contribution is -0.139. The molecule has 0 saturated heterocycles. The number of pyridine rings is 1. The van der Waals surface area contributed by atoms with Gasteiger partial charge < -0.3 is 10.5 Å². The molecule has 0 spiro atoms. The van der Waals surface area contributed by atoms with Crippen molar-refractivity contribution in [3.05, 3.63) is 28.6 Å². The van der Waals surface area contributed by atoms with E-state index in [4.69, 9.17) is 5.73 Å². The molecule has 0 fully saturated rings. The summed E-state index contributed by atoms with van der Waals surface area (Å²) in [5.74, 6) is -0.519. The highest BCUT2D eigenvalue weighted by atomic mass is 19.3. The smallest absolute Gasteiger partial charge is 0.311 e. The Morgan fingerprint density at radius 1 is 1.59 bits per heavy atom. The second-order valence-corrected chi connectivity index (χ2v) is 3.53. The van der Waals surface area contributed by atoms with E-state index < -0.39 is 12.4 Å². The lowest BCUT2D eigenvalue weighted by Crippen LogP contribution is -2.12. The van der Waals surface area contributed by atoms with Crippen LogP contribution in [0.2, 0.25) is 0 Å². The van der Waals surface area contributed by atoms with Gasteiger partial charge in [-0.3, -0.25) is 9.78 Å². The maximum Gasteiger partial charge on any atom is 0.311 e. The fourth-order valence-corrected chi connectivity index (χ4v) is 1.46. The van der Waals surface area contributed by atoms with E-state index in [-0.39, 0.29) is 24.2 Å². The van der Waals surface area contributed by atoms with Crippen LogP contribution in [0.1, 0.15) is 28.9 Å². The molecule has 0 aliphatic carbocycles. The van der Waals surface area contributed by atoms with Crippen molar-refractivity contribution in [2.75, 3.05) is 7.11 Å². The average Bonchev–Trinajstić information content (AvgIpc) is 2.31. The molecule has 1 aromatic heterocycles. The predicted molar refractivity (Wildman–Crippen MR) is 57.5 cm³/mol. The summed E-state index contributed by atoms with van der Waals surface area (Å²) in [6, 6.07) is 1.26. The maximum atomic E-state index is 12.8. The first-order valence-corrected chi connectivity index (χ1v) is 5.04. The van der Waals surface area contributed by atoms with Crippen molar-refractivity contribution < 1.29 is 18.3 Å². The molecule has 2 N–H and O–H groups in total. The topological polar surface area (TPSA) is 65.2 Å². The molecule has 1 aromatic rings. The average molecular weight is 244 g/mol. The van der Waals surface area contributed by atoms with Gasteiger partial charge in [0.2, 0.25) is 0 Å². The summed E-state index contributed by atoms with van der Waals surface area (Å²) in [6.07, 6.45) is -2.74. The van der Waals surface area contributed by atoms with E-state index in [1.807, 2.05) is 0 Å². The van der Waals surface area contributed by atoms with Crippen LogP contribution in [0, 0.1) is 6.92 Å². The molecular weight excluding hydrogens is 230 g/mol. The van der Waals surface area contributed by atoms with Crippen LogP contribution in [-0.2, 0) is 22.5 Å². The van der Waals surface area contributed by atoms with Crippen molar-refractivity contribution in [1.82, 2.24) is 4.98 Å². The number of carbonyl (C=O) groups is 1. The zero-order valence-corrected chi connectivity index (χ0v) is 9.67. The molecule has 0 aliphatic rings. The number of ether oxygens (including phenoxy) is 1. The number of methoxy groups -OCH3 is 1. The summed E-state index contributed by atoms with van der Waals surface area (Å²) in [6.45, 7) is 1.56. The number of carbonyl (C=O) groups excluding carboxylic acids is 1. The minimum absolute atomic E-state index is 0.0498.